The van der Waals surface area contributed by atoms with E-state index in [1.807, 2.05) is 0 Å². The first-order valence-electron chi connectivity index (χ1n) is 4.82. The highest BCUT2D eigenvalue weighted by Gasteiger charge is 2.21. The summed E-state index contributed by atoms with van der Waals surface area (Å²) in [6.07, 6.45) is -0.290. The Balaban J connectivity index is 4.15. The maximum atomic E-state index is 11.5. The third kappa shape index (κ3) is 4.88. The highest BCUT2D eigenvalue weighted by molar-refractivity contribution is 5.99. The van der Waals surface area contributed by atoms with Gasteiger partial charge in [-0.1, -0.05) is 6.92 Å². The van der Waals surface area contributed by atoms with Crippen LogP contribution in [-0.2, 0) is 24.0 Å². The van der Waals surface area contributed by atoms with E-state index in [9.17, 15) is 14.4 Å². The molecule has 0 fully saturated rings. The topological polar surface area (TPSA) is 72.9 Å². The van der Waals surface area contributed by atoms with Crippen molar-refractivity contribution in [1.29, 1.82) is 0 Å². The number of ether oxygens (including phenoxy) is 1. The number of Topliss-reactive ketones (excluding diaryl/α,β-unsaturated/α-hetero) is 1. The van der Waals surface area contributed by atoms with Gasteiger partial charge in [0, 0.05) is 13.0 Å². The van der Waals surface area contributed by atoms with E-state index in [0.717, 1.165) is 5.06 Å². The summed E-state index contributed by atoms with van der Waals surface area (Å²) in [5.41, 5.74) is 0. The third-order valence-corrected chi connectivity index (χ3v) is 2.20. The number of hydrogen-bond donors (Lipinski definition) is 0. The van der Waals surface area contributed by atoms with Crippen molar-refractivity contribution in [2.24, 2.45) is 5.92 Å². The minimum absolute atomic E-state index is 0.0146. The second-order valence-corrected chi connectivity index (χ2v) is 3.40. The molecule has 0 bridgehead atoms. The van der Waals surface area contributed by atoms with E-state index in [0.29, 0.717) is 0 Å². The molecule has 0 aliphatic carbocycles. The molecule has 1 atom stereocenters. The summed E-state index contributed by atoms with van der Waals surface area (Å²) in [7, 11) is 4.00. The number of nitrogens with zero attached hydrogens (tertiary/aromatic N) is 1. The van der Waals surface area contributed by atoms with Crippen LogP contribution < -0.4 is 0 Å². The lowest BCUT2D eigenvalue weighted by Gasteiger charge is -2.14. The summed E-state index contributed by atoms with van der Waals surface area (Å²) in [4.78, 5) is 38.4. The van der Waals surface area contributed by atoms with Crippen LogP contribution in [0.4, 0.5) is 0 Å². The summed E-state index contributed by atoms with van der Waals surface area (Å²) in [5, 5.41) is 0.975. The maximum Gasteiger partial charge on any atom is 0.306 e. The van der Waals surface area contributed by atoms with Crippen LogP contribution in [0.5, 0.6) is 0 Å². The number of amides is 1. The molecular weight excluding hydrogens is 214 g/mol. The van der Waals surface area contributed by atoms with Crippen LogP contribution in [0.25, 0.3) is 0 Å². The molecular formula is C10H17NO5. The van der Waals surface area contributed by atoms with Crippen molar-refractivity contribution in [3.8, 4) is 0 Å². The second-order valence-electron chi connectivity index (χ2n) is 3.40. The van der Waals surface area contributed by atoms with Gasteiger partial charge in [0.05, 0.1) is 27.1 Å². The van der Waals surface area contributed by atoms with Crippen molar-refractivity contribution in [3.63, 3.8) is 0 Å². The predicted molar refractivity (Wildman–Crippen MR) is 55.2 cm³/mol. The van der Waals surface area contributed by atoms with E-state index < -0.39 is 17.8 Å². The Morgan fingerprint density at radius 1 is 1.25 bits per heavy atom. The molecule has 0 aromatic carbocycles. The summed E-state index contributed by atoms with van der Waals surface area (Å²) in [6, 6.07) is 0. The third-order valence-electron chi connectivity index (χ3n) is 2.20. The van der Waals surface area contributed by atoms with Crippen LogP contribution in [0.2, 0.25) is 0 Å². The average Bonchev–Trinajstić information content (AvgIpc) is 2.27. The number of rotatable bonds is 6. The Morgan fingerprint density at radius 3 is 2.25 bits per heavy atom. The van der Waals surface area contributed by atoms with Gasteiger partial charge in [0.1, 0.15) is 5.78 Å². The molecule has 92 valence electrons. The number of carbonyl (C=O) groups is 3. The second kappa shape index (κ2) is 6.95. The van der Waals surface area contributed by atoms with Crippen molar-refractivity contribution in [2.75, 3.05) is 21.3 Å². The SMILES string of the molecule is COC(=O)CC(C)C(=O)CC(=O)N(C)OC. The lowest BCUT2D eigenvalue weighted by atomic mass is 10.00. The van der Waals surface area contributed by atoms with Gasteiger partial charge in [0.2, 0.25) is 0 Å². The molecule has 6 heteroatoms. The van der Waals surface area contributed by atoms with Crippen LogP contribution in [0.15, 0.2) is 0 Å². The molecule has 0 heterocycles. The highest BCUT2D eigenvalue weighted by Crippen LogP contribution is 2.08. The molecule has 0 aromatic rings. The molecule has 0 saturated heterocycles. The number of methoxy groups -OCH3 is 1. The van der Waals surface area contributed by atoms with Crippen LogP contribution in [0.3, 0.4) is 0 Å². The zero-order valence-electron chi connectivity index (χ0n) is 9.98. The van der Waals surface area contributed by atoms with E-state index in [-0.39, 0.29) is 18.6 Å². The highest BCUT2D eigenvalue weighted by atomic mass is 16.7. The van der Waals surface area contributed by atoms with Crippen molar-refractivity contribution in [2.45, 2.75) is 19.8 Å². The maximum absolute atomic E-state index is 11.5. The van der Waals surface area contributed by atoms with Gasteiger partial charge in [0.25, 0.3) is 5.91 Å². The Kier molecular flexibility index (Phi) is 6.32. The molecule has 0 aromatic heterocycles. The van der Waals surface area contributed by atoms with Gasteiger partial charge in [0.15, 0.2) is 0 Å². The van der Waals surface area contributed by atoms with Crippen LogP contribution in [-0.4, -0.2) is 44.0 Å². The number of carbonyl (C=O) groups excluding carboxylic acids is 3. The number of esters is 1. The molecule has 0 N–H and O–H groups in total. The summed E-state index contributed by atoms with van der Waals surface area (Å²) >= 11 is 0. The Labute approximate surface area is 94.4 Å². The lowest BCUT2D eigenvalue weighted by molar-refractivity contribution is -0.169. The zero-order valence-corrected chi connectivity index (χ0v) is 9.98. The molecule has 1 amide bonds. The Morgan fingerprint density at radius 2 is 1.81 bits per heavy atom. The monoisotopic (exact) mass is 231 g/mol. The van der Waals surface area contributed by atoms with E-state index in [4.69, 9.17) is 0 Å². The van der Waals surface area contributed by atoms with E-state index in [1.54, 1.807) is 6.92 Å². The quantitative estimate of drug-likeness (QED) is 0.370. The average molecular weight is 231 g/mol. The van der Waals surface area contributed by atoms with Gasteiger partial charge in [-0.25, -0.2) is 5.06 Å². The largest absolute Gasteiger partial charge is 0.469 e. The number of hydrogen-bond acceptors (Lipinski definition) is 5. The van der Waals surface area contributed by atoms with Crippen molar-refractivity contribution >= 4 is 17.7 Å². The summed E-state index contributed by atoms with van der Waals surface area (Å²) < 4.78 is 4.43. The predicted octanol–water partition coefficient (Wildman–Crippen LogP) is 0.165. The molecule has 0 aliphatic rings. The number of hydroxylamine groups is 2. The van der Waals surface area contributed by atoms with Gasteiger partial charge in [-0.3, -0.25) is 19.2 Å². The summed E-state index contributed by atoms with van der Waals surface area (Å²) in [6.45, 7) is 1.58. The number of ketones is 1. The lowest BCUT2D eigenvalue weighted by Crippen LogP contribution is -2.29. The van der Waals surface area contributed by atoms with Gasteiger partial charge in [-0.15, -0.1) is 0 Å². The van der Waals surface area contributed by atoms with Gasteiger partial charge in [-0.05, 0) is 0 Å². The van der Waals surface area contributed by atoms with E-state index >= 15 is 0 Å². The molecule has 16 heavy (non-hydrogen) atoms. The zero-order chi connectivity index (χ0) is 12.7. The van der Waals surface area contributed by atoms with Gasteiger partial charge in [-0.2, -0.15) is 0 Å². The summed E-state index contributed by atoms with van der Waals surface area (Å²) in [5.74, 6) is -1.74. The van der Waals surface area contributed by atoms with Crippen molar-refractivity contribution in [3.05, 3.63) is 0 Å². The fraction of sp³-hybridized carbons (Fsp3) is 0.700. The molecule has 1 unspecified atom stereocenters. The van der Waals surface area contributed by atoms with Gasteiger partial charge < -0.3 is 4.74 Å². The molecule has 0 aliphatic heterocycles. The fourth-order valence-corrected chi connectivity index (χ4v) is 0.984. The standard InChI is InChI=1S/C10H17NO5/c1-7(5-10(14)15-3)8(12)6-9(13)11(2)16-4/h7H,5-6H2,1-4H3. The van der Waals surface area contributed by atoms with Crippen LogP contribution in [0, 0.1) is 5.92 Å². The van der Waals surface area contributed by atoms with Crippen LogP contribution in [0.1, 0.15) is 19.8 Å². The molecule has 0 spiro atoms. The smallest absolute Gasteiger partial charge is 0.306 e. The molecule has 0 rings (SSSR count). The van der Waals surface area contributed by atoms with Crippen LogP contribution >= 0.6 is 0 Å². The fourth-order valence-electron chi connectivity index (χ4n) is 0.984. The van der Waals surface area contributed by atoms with Crippen molar-refractivity contribution in [1.82, 2.24) is 5.06 Å². The molecule has 0 saturated carbocycles. The van der Waals surface area contributed by atoms with E-state index in [2.05, 4.69) is 9.57 Å². The Bertz CT molecular complexity index is 276. The minimum atomic E-state index is -0.526. The van der Waals surface area contributed by atoms with Crippen molar-refractivity contribution < 1.29 is 24.0 Å². The van der Waals surface area contributed by atoms with E-state index in [1.165, 1.54) is 21.3 Å². The first-order chi connectivity index (χ1) is 7.42. The first kappa shape index (κ1) is 14.6. The van der Waals surface area contributed by atoms with Gasteiger partial charge >= 0.3 is 5.97 Å². The Hall–Kier alpha value is -1.43. The first-order valence-corrected chi connectivity index (χ1v) is 4.82. The minimum Gasteiger partial charge on any atom is -0.469 e. The molecule has 6 nitrogen and oxygen atoms in total. The normalized spacial score (nSPS) is 11.8. The molecule has 0 radical (unpaired) electrons.